The Morgan fingerprint density at radius 1 is 1.10 bits per heavy atom. The van der Waals surface area contributed by atoms with Crippen LogP contribution in [-0.4, -0.2) is 34.4 Å². The second-order valence-electron chi connectivity index (χ2n) is 7.49. The van der Waals surface area contributed by atoms with Crippen LogP contribution in [0.15, 0.2) is 45.9 Å². The Kier molecular flexibility index (Phi) is 5.23. The largest absolute Gasteiger partial charge is 0.356 e. The van der Waals surface area contributed by atoms with Gasteiger partial charge in [0, 0.05) is 18.8 Å². The summed E-state index contributed by atoms with van der Waals surface area (Å²) in [5, 5.41) is 3.96. The number of hydrogen-bond acceptors (Lipinski definition) is 6. The fourth-order valence-electron chi connectivity index (χ4n) is 3.73. The second-order valence-corrected chi connectivity index (χ2v) is 9.38. The lowest BCUT2D eigenvalue weighted by molar-refractivity contribution is 0.251. The molecule has 1 saturated heterocycles. The van der Waals surface area contributed by atoms with Gasteiger partial charge in [-0.3, -0.25) is 0 Å². The molecule has 7 nitrogen and oxygen atoms in total. The first-order valence-corrected chi connectivity index (χ1v) is 11.2. The van der Waals surface area contributed by atoms with Crippen LogP contribution in [0.1, 0.15) is 48.1 Å². The van der Waals surface area contributed by atoms with Crippen LogP contribution in [0.2, 0.25) is 0 Å². The van der Waals surface area contributed by atoms with Gasteiger partial charge in [-0.05, 0) is 45.7 Å². The first kappa shape index (κ1) is 19.7. The maximum Gasteiger partial charge on any atom is 0.243 e. The zero-order valence-corrected chi connectivity index (χ0v) is 17.6. The molecule has 0 bridgehead atoms. The highest BCUT2D eigenvalue weighted by molar-refractivity contribution is 7.89. The Labute approximate surface area is 170 Å². The van der Waals surface area contributed by atoms with Crippen molar-refractivity contribution in [3.63, 3.8) is 0 Å². The molecule has 152 valence electrons. The minimum atomic E-state index is -3.66. The first-order chi connectivity index (χ1) is 13.9. The molecule has 3 heterocycles. The summed E-state index contributed by atoms with van der Waals surface area (Å²) in [6.45, 7) is 6.05. The van der Waals surface area contributed by atoms with Crippen molar-refractivity contribution in [2.75, 3.05) is 6.54 Å². The van der Waals surface area contributed by atoms with Gasteiger partial charge in [-0.25, -0.2) is 18.4 Å². The van der Waals surface area contributed by atoms with Crippen LogP contribution in [0.25, 0.3) is 11.3 Å². The fourth-order valence-corrected chi connectivity index (χ4v) is 5.39. The third-order valence-electron chi connectivity index (χ3n) is 5.23. The van der Waals surface area contributed by atoms with E-state index in [1.54, 1.807) is 29.6 Å². The molecule has 1 aliphatic rings. The van der Waals surface area contributed by atoms with Crippen molar-refractivity contribution < 1.29 is 12.9 Å². The number of aryl methyl sites for hydroxylation is 3. The second kappa shape index (κ2) is 7.68. The van der Waals surface area contributed by atoms with E-state index in [9.17, 15) is 8.42 Å². The highest BCUT2D eigenvalue weighted by atomic mass is 32.2. The Bertz CT molecular complexity index is 1120. The summed E-state index contributed by atoms with van der Waals surface area (Å²) >= 11 is 0. The molecule has 1 fully saturated rings. The van der Waals surface area contributed by atoms with Crippen molar-refractivity contribution in [3.05, 3.63) is 59.3 Å². The normalized spacial score (nSPS) is 18.1. The molecule has 0 radical (unpaired) electrons. The summed E-state index contributed by atoms with van der Waals surface area (Å²) in [6, 6.07) is 8.42. The predicted molar refractivity (Wildman–Crippen MR) is 109 cm³/mol. The van der Waals surface area contributed by atoms with E-state index >= 15 is 0 Å². The van der Waals surface area contributed by atoms with Crippen LogP contribution in [0.3, 0.4) is 0 Å². The Balaban J connectivity index is 1.81. The van der Waals surface area contributed by atoms with Crippen LogP contribution in [0.4, 0.5) is 0 Å². The smallest absolute Gasteiger partial charge is 0.243 e. The minimum absolute atomic E-state index is 0.304. The van der Waals surface area contributed by atoms with Gasteiger partial charge in [0.05, 0.1) is 27.9 Å². The highest BCUT2D eigenvalue weighted by Gasteiger charge is 2.37. The van der Waals surface area contributed by atoms with Crippen molar-refractivity contribution in [2.45, 2.75) is 51.0 Å². The van der Waals surface area contributed by atoms with E-state index in [2.05, 4.69) is 15.1 Å². The van der Waals surface area contributed by atoms with E-state index in [0.717, 1.165) is 24.1 Å². The molecule has 0 N–H and O–H groups in total. The van der Waals surface area contributed by atoms with Gasteiger partial charge < -0.3 is 4.52 Å². The standard InChI is InChI=1S/C21H24N4O3S/c1-14-7-9-17(10-8-14)29(26,27)25-11-5-4-6-19(25)21-18(13-22-16(3)23-21)20-12-15(2)24-28-20/h7-10,12-13,19H,4-6,11H2,1-3H3. The van der Waals surface area contributed by atoms with Crippen LogP contribution in [0.5, 0.6) is 0 Å². The molecule has 0 spiro atoms. The van der Waals surface area contributed by atoms with Crippen molar-refractivity contribution in [2.24, 2.45) is 0 Å². The van der Waals surface area contributed by atoms with Crippen molar-refractivity contribution in [1.29, 1.82) is 0 Å². The number of aromatic nitrogens is 3. The van der Waals surface area contributed by atoms with E-state index < -0.39 is 10.0 Å². The van der Waals surface area contributed by atoms with Crippen LogP contribution in [0, 0.1) is 20.8 Å². The molecule has 3 aromatic rings. The predicted octanol–water partition coefficient (Wildman–Crippen LogP) is 3.97. The first-order valence-electron chi connectivity index (χ1n) is 9.72. The molecule has 2 aromatic heterocycles. The number of nitrogens with zero attached hydrogens (tertiary/aromatic N) is 4. The summed E-state index contributed by atoms with van der Waals surface area (Å²) in [4.78, 5) is 9.26. The van der Waals surface area contributed by atoms with Gasteiger partial charge >= 0.3 is 0 Å². The number of piperidine rings is 1. The highest BCUT2D eigenvalue weighted by Crippen LogP contribution is 2.38. The van der Waals surface area contributed by atoms with Crippen LogP contribution < -0.4 is 0 Å². The zero-order valence-electron chi connectivity index (χ0n) is 16.8. The van der Waals surface area contributed by atoms with Gasteiger partial charge in [-0.2, -0.15) is 4.31 Å². The molecular weight excluding hydrogens is 388 g/mol. The average molecular weight is 413 g/mol. The molecule has 1 aromatic carbocycles. The van der Waals surface area contributed by atoms with E-state index in [-0.39, 0.29) is 6.04 Å². The number of rotatable bonds is 4. The Hall–Kier alpha value is -2.58. The molecule has 1 unspecified atom stereocenters. The maximum atomic E-state index is 13.5. The van der Waals surface area contributed by atoms with Crippen LogP contribution >= 0.6 is 0 Å². The third kappa shape index (κ3) is 3.82. The zero-order chi connectivity index (χ0) is 20.6. The van der Waals surface area contributed by atoms with Gasteiger partial charge in [0.2, 0.25) is 10.0 Å². The topological polar surface area (TPSA) is 89.2 Å². The number of sulfonamides is 1. The van der Waals surface area contributed by atoms with Crippen molar-refractivity contribution in [3.8, 4) is 11.3 Å². The molecule has 4 rings (SSSR count). The maximum absolute atomic E-state index is 13.5. The minimum Gasteiger partial charge on any atom is -0.356 e. The summed E-state index contributed by atoms with van der Waals surface area (Å²) < 4.78 is 34.0. The lowest BCUT2D eigenvalue weighted by atomic mass is 9.98. The van der Waals surface area contributed by atoms with Crippen molar-refractivity contribution >= 4 is 10.0 Å². The summed E-state index contributed by atoms with van der Waals surface area (Å²) in [6.07, 6.45) is 4.15. The fraction of sp³-hybridized carbons (Fsp3) is 0.381. The van der Waals surface area contributed by atoms with Gasteiger partial charge in [0.25, 0.3) is 0 Å². The molecule has 29 heavy (non-hydrogen) atoms. The molecule has 1 atom stereocenters. The van der Waals surface area contributed by atoms with Gasteiger partial charge in [-0.15, -0.1) is 0 Å². The summed E-state index contributed by atoms with van der Waals surface area (Å²) in [5.74, 6) is 1.15. The SMILES string of the molecule is Cc1ccc(S(=O)(=O)N2CCCCC2c2nc(C)ncc2-c2cc(C)no2)cc1. The molecule has 0 amide bonds. The van der Waals surface area contributed by atoms with E-state index in [1.165, 1.54) is 0 Å². The summed E-state index contributed by atoms with van der Waals surface area (Å²) in [5.41, 5.74) is 3.13. The van der Waals surface area contributed by atoms with E-state index in [1.807, 2.05) is 32.0 Å². The summed E-state index contributed by atoms with van der Waals surface area (Å²) in [7, 11) is -3.66. The Morgan fingerprint density at radius 3 is 2.55 bits per heavy atom. The molecule has 0 saturated carbocycles. The third-order valence-corrected chi connectivity index (χ3v) is 7.15. The van der Waals surface area contributed by atoms with Crippen LogP contribution in [-0.2, 0) is 10.0 Å². The average Bonchev–Trinajstić information content (AvgIpc) is 3.14. The van der Waals surface area contributed by atoms with Crippen molar-refractivity contribution in [1.82, 2.24) is 19.4 Å². The number of hydrogen-bond donors (Lipinski definition) is 0. The van der Waals surface area contributed by atoms with Gasteiger partial charge in [0.15, 0.2) is 5.76 Å². The molecule has 8 heteroatoms. The molecule has 1 aliphatic heterocycles. The lowest BCUT2D eigenvalue weighted by Gasteiger charge is -2.35. The number of benzene rings is 1. The van der Waals surface area contributed by atoms with Gasteiger partial charge in [-0.1, -0.05) is 29.3 Å². The molecule has 0 aliphatic carbocycles. The van der Waals surface area contributed by atoms with E-state index in [0.29, 0.717) is 40.7 Å². The van der Waals surface area contributed by atoms with E-state index in [4.69, 9.17) is 4.52 Å². The monoisotopic (exact) mass is 412 g/mol. The quantitative estimate of drug-likeness (QED) is 0.644. The lowest BCUT2D eigenvalue weighted by Crippen LogP contribution is -2.39. The Morgan fingerprint density at radius 2 is 1.86 bits per heavy atom. The van der Waals surface area contributed by atoms with Gasteiger partial charge in [0.1, 0.15) is 5.82 Å². The molecular formula is C21H24N4O3S.